The smallest absolute Gasteiger partial charge is 0.221 e. The van der Waals surface area contributed by atoms with E-state index in [9.17, 15) is 13.5 Å². The van der Waals surface area contributed by atoms with Crippen molar-refractivity contribution < 1.29 is 13.5 Å². The summed E-state index contributed by atoms with van der Waals surface area (Å²) in [5.41, 5.74) is 5.28. The van der Waals surface area contributed by atoms with Crippen molar-refractivity contribution in [2.75, 3.05) is 32.9 Å². The molecule has 2 unspecified atom stereocenters. The van der Waals surface area contributed by atoms with Crippen molar-refractivity contribution in [2.24, 2.45) is 5.73 Å². The molecule has 1 heterocycles. The van der Waals surface area contributed by atoms with Crippen LogP contribution in [0.2, 0.25) is 0 Å². The van der Waals surface area contributed by atoms with Gasteiger partial charge in [0.05, 0.1) is 11.1 Å². The van der Waals surface area contributed by atoms with Gasteiger partial charge in [-0.3, -0.25) is 0 Å². The number of hydrogen-bond donors (Lipinski definition) is 2. The van der Waals surface area contributed by atoms with Gasteiger partial charge >= 0.3 is 0 Å². The van der Waals surface area contributed by atoms with E-state index in [1.54, 1.807) is 0 Å². The predicted molar refractivity (Wildman–Crippen MR) is 70.2 cm³/mol. The minimum atomic E-state index is -3.51. The first-order valence-corrected chi connectivity index (χ1v) is 7.34. The van der Waals surface area contributed by atoms with Crippen molar-refractivity contribution in [2.45, 2.75) is 18.6 Å². The fraction of sp³-hybridized carbons (Fsp3) is 0.889. The Morgan fingerprint density at radius 2 is 2.18 bits per heavy atom. The van der Waals surface area contributed by atoms with Crippen molar-refractivity contribution in [3.8, 4) is 0 Å². The first-order chi connectivity index (χ1) is 7.72. The number of aliphatic hydroxyl groups excluding tert-OH is 1. The maximum Gasteiger partial charge on any atom is 0.221 e. The molecule has 6 nitrogen and oxygen atoms in total. The molecule has 0 aliphatic carbocycles. The summed E-state index contributed by atoms with van der Waals surface area (Å²) in [5.74, 6) is -0.334. The zero-order valence-electron chi connectivity index (χ0n) is 10.0. The van der Waals surface area contributed by atoms with E-state index in [2.05, 4.69) is 12.2 Å². The van der Waals surface area contributed by atoms with Crippen LogP contribution in [-0.4, -0.2) is 72.8 Å². The highest BCUT2D eigenvalue weighted by Crippen LogP contribution is 2.22. The molecule has 0 radical (unpaired) electrons. The van der Waals surface area contributed by atoms with E-state index < -0.39 is 16.1 Å². The van der Waals surface area contributed by atoms with Crippen LogP contribution < -0.4 is 5.73 Å². The molecule has 1 aliphatic rings. The number of aliphatic hydroxyl groups is 1. The number of nitrogens with two attached hydrogens (primary N) is 1. The third kappa shape index (κ3) is 4.14. The van der Waals surface area contributed by atoms with Gasteiger partial charge in [0.2, 0.25) is 10.0 Å². The zero-order valence-corrected chi connectivity index (χ0v) is 11.7. The molecule has 0 bridgehead atoms. The molecule has 1 rings (SSSR count). The van der Waals surface area contributed by atoms with Crippen LogP contribution in [0.15, 0.2) is 0 Å². The average Bonchev–Trinajstić information content (AvgIpc) is 2.43. The van der Waals surface area contributed by atoms with Crippen molar-refractivity contribution >= 4 is 27.2 Å². The summed E-state index contributed by atoms with van der Waals surface area (Å²) in [7, 11) is 0.222. The summed E-state index contributed by atoms with van der Waals surface area (Å²) in [5, 5.41) is 9.59. The van der Waals surface area contributed by atoms with Gasteiger partial charge in [-0.15, -0.1) is 0 Å². The van der Waals surface area contributed by atoms with Crippen LogP contribution >= 0.6 is 12.2 Å². The van der Waals surface area contributed by atoms with Gasteiger partial charge < -0.3 is 15.7 Å². The maximum atomic E-state index is 12.0. The molecule has 0 aromatic rings. The first kappa shape index (κ1) is 14.8. The molecule has 1 saturated heterocycles. The lowest BCUT2D eigenvalue weighted by Crippen LogP contribution is -2.44. The molecule has 0 aromatic carbocycles. The molecule has 1 aliphatic heterocycles. The van der Waals surface area contributed by atoms with Gasteiger partial charge in [-0.25, -0.2) is 8.42 Å². The van der Waals surface area contributed by atoms with Crippen LogP contribution in [0.1, 0.15) is 6.42 Å². The Bertz CT molecular complexity index is 383. The highest BCUT2D eigenvalue weighted by Gasteiger charge is 2.38. The lowest BCUT2D eigenvalue weighted by Gasteiger charge is -2.25. The molecule has 8 heteroatoms. The van der Waals surface area contributed by atoms with Gasteiger partial charge in [-0.05, 0) is 20.5 Å². The normalized spacial score (nSPS) is 26.6. The SMILES string of the molecule is CN(C)CC1CC(O)CN1S(=O)(=O)CC(N)=S. The summed E-state index contributed by atoms with van der Waals surface area (Å²) >= 11 is 4.63. The number of hydrogen-bond acceptors (Lipinski definition) is 5. The maximum absolute atomic E-state index is 12.0. The first-order valence-electron chi connectivity index (χ1n) is 5.33. The van der Waals surface area contributed by atoms with Crippen molar-refractivity contribution in [1.29, 1.82) is 0 Å². The van der Waals surface area contributed by atoms with E-state index >= 15 is 0 Å². The zero-order chi connectivity index (χ0) is 13.2. The number of thiocarbonyl (C=S) groups is 1. The van der Waals surface area contributed by atoms with Crippen LogP contribution in [0.4, 0.5) is 0 Å². The molecule has 17 heavy (non-hydrogen) atoms. The van der Waals surface area contributed by atoms with E-state index in [1.807, 2.05) is 19.0 Å². The Morgan fingerprint density at radius 1 is 1.59 bits per heavy atom. The standard InChI is InChI=1S/C9H19N3O3S2/c1-11(2)4-7-3-8(13)5-12(7)17(14,15)6-9(10)16/h7-8,13H,3-6H2,1-2H3,(H2,10,16). The molecule has 0 amide bonds. The number of nitrogens with zero attached hydrogens (tertiary/aromatic N) is 2. The lowest BCUT2D eigenvalue weighted by atomic mass is 10.2. The van der Waals surface area contributed by atoms with Crippen molar-refractivity contribution in [1.82, 2.24) is 9.21 Å². The summed E-state index contributed by atoms with van der Waals surface area (Å²) in [6, 6.07) is -0.209. The van der Waals surface area contributed by atoms with E-state index in [0.29, 0.717) is 13.0 Å². The quantitative estimate of drug-likeness (QED) is 0.603. The number of rotatable bonds is 5. The Hall–Kier alpha value is -0.280. The third-order valence-electron chi connectivity index (χ3n) is 2.60. The minimum absolute atomic E-state index is 0.0463. The van der Waals surface area contributed by atoms with Gasteiger partial charge in [-0.1, -0.05) is 12.2 Å². The minimum Gasteiger partial charge on any atom is -0.392 e. The van der Waals surface area contributed by atoms with Gasteiger partial charge in [0.25, 0.3) is 0 Å². The second-order valence-electron chi connectivity index (χ2n) is 4.60. The number of sulfonamides is 1. The fourth-order valence-electron chi connectivity index (χ4n) is 2.05. The van der Waals surface area contributed by atoms with Gasteiger partial charge in [0, 0.05) is 19.1 Å². The topological polar surface area (TPSA) is 86.9 Å². The number of likely N-dealkylation sites (N-methyl/N-ethyl adjacent to an activating group) is 1. The Kier molecular flexibility index (Phi) is 4.85. The fourth-order valence-corrected chi connectivity index (χ4v) is 4.03. The summed E-state index contributed by atoms with van der Waals surface area (Å²) in [6.07, 6.45) is -0.157. The third-order valence-corrected chi connectivity index (χ3v) is 4.76. The second kappa shape index (κ2) is 5.57. The van der Waals surface area contributed by atoms with E-state index in [4.69, 9.17) is 5.73 Å². The van der Waals surface area contributed by atoms with Gasteiger partial charge in [0.1, 0.15) is 5.75 Å². The predicted octanol–water partition coefficient (Wildman–Crippen LogP) is -1.40. The van der Waals surface area contributed by atoms with Crippen LogP contribution in [0.25, 0.3) is 0 Å². The van der Waals surface area contributed by atoms with E-state index in [0.717, 1.165) is 0 Å². The Balaban J connectivity index is 2.83. The highest BCUT2D eigenvalue weighted by atomic mass is 32.2. The highest BCUT2D eigenvalue weighted by molar-refractivity contribution is 7.92. The molecule has 0 saturated carbocycles. The van der Waals surface area contributed by atoms with Crippen LogP contribution in [0.5, 0.6) is 0 Å². The largest absolute Gasteiger partial charge is 0.392 e. The second-order valence-corrected chi connectivity index (χ2v) is 7.04. The summed E-state index contributed by atoms with van der Waals surface area (Å²) < 4.78 is 25.3. The molecule has 100 valence electrons. The Morgan fingerprint density at radius 3 is 2.65 bits per heavy atom. The van der Waals surface area contributed by atoms with Crippen molar-refractivity contribution in [3.63, 3.8) is 0 Å². The lowest BCUT2D eigenvalue weighted by molar-refractivity contribution is 0.188. The van der Waals surface area contributed by atoms with Crippen LogP contribution in [0, 0.1) is 0 Å². The van der Waals surface area contributed by atoms with Crippen LogP contribution in [0.3, 0.4) is 0 Å². The molecular formula is C9H19N3O3S2. The van der Waals surface area contributed by atoms with Crippen LogP contribution in [-0.2, 0) is 10.0 Å². The van der Waals surface area contributed by atoms with E-state index in [-0.39, 0.29) is 23.3 Å². The van der Waals surface area contributed by atoms with Gasteiger partial charge in [0.15, 0.2) is 0 Å². The summed E-state index contributed by atoms with van der Waals surface area (Å²) in [4.78, 5) is 1.85. The molecule has 3 N–H and O–H groups in total. The molecule has 0 spiro atoms. The van der Waals surface area contributed by atoms with E-state index in [1.165, 1.54) is 4.31 Å². The monoisotopic (exact) mass is 281 g/mol. The van der Waals surface area contributed by atoms with Gasteiger partial charge in [-0.2, -0.15) is 4.31 Å². The molecular weight excluding hydrogens is 262 g/mol. The molecule has 1 fully saturated rings. The Labute approximate surface area is 107 Å². The molecule has 0 aromatic heterocycles. The average molecular weight is 281 g/mol. The number of β-amino-alcohol motifs (C(OH)–C–C–N with tert-alkyl or cyclic N) is 1. The van der Waals surface area contributed by atoms with Crippen molar-refractivity contribution in [3.05, 3.63) is 0 Å². The summed E-state index contributed by atoms with van der Waals surface area (Å²) in [6.45, 7) is 0.705. The molecule has 2 atom stereocenters.